The summed E-state index contributed by atoms with van der Waals surface area (Å²) in [7, 11) is 0.382. The van der Waals surface area contributed by atoms with Crippen LogP contribution in [0.25, 0.3) is 11.1 Å². The Hall–Kier alpha value is -2.32. The third kappa shape index (κ3) is 3.38. The van der Waals surface area contributed by atoms with Crippen LogP contribution in [0.4, 0.5) is 4.39 Å². The molecule has 23 heavy (non-hydrogen) atoms. The molecular formula is C15H16FNO5S. The van der Waals surface area contributed by atoms with Crippen LogP contribution in [-0.4, -0.2) is 29.7 Å². The van der Waals surface area contributed by atoms with Gasteiger partial charge in [0.15, 0.2) is 11.5 Å². The van der Waals surface area contributed by atoms with E-state index in [1.807, 2.05) is 0 Å². The van der Waals surface area contributed by atoms with Crippen LogP contribution in [0.15, 0.2) is 35.2 Å². The number of rotatable bonds is 5. The summed E-state index contributed by atoms with van der Waals surface area (Å²) in [5.74, 6) is 0.361. The quantitative estimate of drug-likeness (QED) is 0.900. The highest BCUT2D eigenvalue weighted by atomic mass is 32.2. The minimum atomic E-state index is -3.97. The topological polar surface area (TPSA) is 87.9 Å². The molecule has 0 radical (unpaired) electrons. The van der Waals surface area contributed by atoms with Gasteiger partial charge in [-0.25, -0.2) is 17.9 Å². The van der Waals surface area contributed by atoms with E-state index in [9.17, 15) is 12.8 Å². The average Bonchev–Trinajstić information content (AvgIpc) is 2.52. The zero-order valence-electron chi connectivity index (χ0n) is 12.8. The summed E-state index contributed by atoms with van der Waals surface area (Å²) in [5, 5.41) is 4.99. The second-order valence-corrected chi connectivity index (χ2v) is 6.16. The predicted molar refractivity (Wildman–Crippen MR) is 82.9 cm³/mol. The Labute approximate surface area is 133 Å². The molecule has 0 bridgehead atoms. The molecule has 0 heterocycles. The summed E-state index contributed by atoms with van der Waals surface area (Å²) in [6, 6.07) is 6.56. The molecule has 0 aromatic heterocycles. The number of hydrogen-bond acceptors (Lipinski definition) is 5. The van der Waals surface area contributed by atoms with E-state index in [1.165, 1.54) is 33.5 Å². The van der Waals surface area contributed by atoms with E-state index in [1.54, 1.807) is 12.1 Å². The van der Waals surface area contributed by atoms with Crippen molar-refractivity contribution >= 4 is 10.0 Å². The zero-order chi connectivity index (χ0) is 17.2. The molecule has 8 heteroatoms. The van der Waals surface area contributed by atoms with Gasteiger partial charge in [-0.3, -0.25) is 0 Å². The van der Waals surface area contributed by atoms with Gasteiger partial charge in [0, 0.05) is 5.56 Å². The zero-order valence-corrected chi connectivity index (χ0v) is 13.6. The van der Waals surface area contributed by atoms with Gasteiger partial charge in [0.2, 0.25) is 15.8 Å². The van der Waals surface area contributed by atoms with Gasteiger partial charge in [-0.15, -0.1) is 0 Å². The van der Waals surface area contributed by atoms with Crippen LogP contribution in [0.2, 0.25) is 0 Å². The van der Waals surface area contributed by atoms with Crippen LogP contribution in [-0.2, 0) is 10.0 Å². The molecule has 2 aromatic carbocycles. The van der Waals surface area contributed by atoms with Crippen LogP contribution >= 0.6 is 0 Å². The number of primary sulfonamides is 1. The third-order valence-corrected chi connectivity index (χ3v) is 4.16. The average molecular weight is 341 g/mol. The van der Waals surface area contributed by atoms with Crippen LogP contribution in [0.3, 0.4) is 0 Å². The maximum atomic E-state index is 14.3. The van der Waals surface area contributed by atoms with E-state index in [2.05, 4.69) is 0 Å². The number of ether oxygens (including phenoxy) is 3. The number of methoxy groups -OCH3 is 3. The Morgan fingerprint density at radius 2 is 1.52 bits per heavy atom. The maximum Gasteiger partial charge on any atom is 0.238 e. The predicted octanol–water partition coefficient (Wildman–Crippen LogP) is 2.17. The Kier molecular flexibility index (Phi) is 4.76. The van der Waals surface area contributed by atoms with Crippen LogP contribution in [0.5, 0.6) is 17.2 Å². The van der Waals surface area contributed by atoms with Crippen molar-refractivity contribution in [1.82, 2.24) is 0 Å². The van der Waals surface area contributed by atoms with Crippen molar-refractivity contribution in [1.29, 1.82) is 0 Å². The molecule has 2 rings (SSSR count). The summed E-state index contributed by atoms with van der Waals surface area (Å²) in [4.78, 5) is -0.300. The smallest absolute Gasteiger partial charge is 0.238 e. The summed E-state index contributed by atoms with van der Waals surface area (Å²) < 4.78 is 52.5. The van der Waals surface area contributed by atoms with Gasteiger partial charge >= 0.3 is 0 Å². The van der Waals surface area contributed by atoms with Crippen molar-refractivity contribution in [2.75, 3.05) is 21.3 Å². The van der Waals surface area contributed by atoms with E-state index in [0.717, 1.165) is 6.07 Å². The van der Waals surface area contributed by atoms with Crippen molar-refractivity contribution < 1.29 is 27.0 Å². The first-order chi connectivity index (χ1) is 10.8. The van der Waals surface area contributed by atoms with E-state index < -0.39 is 15.8 Å². The molecule has 0 atom stereocenters. The molecule has 2 N–H and O–H groups in total. The minimum absolute atomic E-state index is 0.177. The van der Waals surface area contributed by atoms with Gasteiger partial charge in [0.05, 0.1) is 26.2 Å². The molecule has 6 nitrogen and oxygen atoms in total. The van der Waals surface area contributed by atoms with Crippen molar-refractivity contribution in [3.05, 3.63) is 36.1 Å². The second-order valence-electron chi connectivity index (χ2n) is 4.60. The Morgan fingerprint density at radius 3 is 1.91 bits per heavy atom. The van der Waals surface area contributed by atoms with Crippen LogP contribution in [0, 0.1) is 5.82 Å². The molecule has 0 unspecified atom stereocenters. The lowest BCUT2D eigenvalue weighted by Gasteiger charge is -2.14. The van der Waals surface area contributed by atoms with Gasteiger partial charge < -0.3 is 14.2 Å². The molecule has 2 aromatic rings. The Morgan fingerprint density at radius 1 is 0.957 bits per heavy atom. The van der Waals surface area contributed by atoms with Crippen molar-refractivity contribution in [3.8, 4) is 28.4 Å². The third-order valence-electron chi connectivity index (χ3n) is 3.24. The largest absolute Gasteiger partial charge is 0.493 e. The number of nitrogens with two attached hydrogens (primary N) is 1. The van der Waals surface area contributed by atoms with Gasteiger partial charge in [0.25, 0.3) is 0 Å². The van der Waals surface area contributed by atoms with Crippen LogP contribution < -0.4 is 19.3 Å². The maximum absolute atomic E-state index is 14.3. The first-order valence-electron chi connectivity index (χ1n) is 6.44. The summed E-state index contributed by atoms with van der Waals surface area (Å²) >= 11 is 0. The molecular weight excluding hydrogens is 325 g/mol. The molecule has 0 aliphatic heterocycles. The first-order valence-corrected chi connectivity index (χ1v) is 7.99. The highest BCUT2D eigenvalue weighted by Gasteiger charge is 2.17. The SMILES string of the molecule is COc1cc(-c2ccc(S(N)(=O)=O)cc2F)cc(OC)c1OC. The van der Waals surface area contributed by atoms with Gasteiger partial charge in [-0.2, -0.15) is 0 Å². The van der Waals surface area contributed by atoms with Crippen molar-refractivity contribution in [2.45, 2.75) is 4.90 Å². The molecule has 0 aliphatic rings. The molecule has 0 spiro atoms. The second kappa shape index (κ2) is 6.43. The van der Waals surface area contributed by atoms with E-state index in [0.29, 0.717) is 22.8 Å². The lowest BCUT2D eigenvalue weighted by molar-refractivity contribution is 0.324. The summed E-state index contributed by atoms with van der Waals surface area (Å²) in [5.41, 5.74) is 0.620. The monoisotopic (exact) mass is 341 g/mol. The fraction of sp³-hybridized carbons (Fsp3) is 0.200. The number of hydrogen-bond donors (Lipinski definition) is 1. The Bertz CT molecular complexity index is 811. The summed E-state index contributed by atoms with van der Waals surface area (Å²) in [6.07, 6.45) is 0. The number of benzene rings is 2. The lowest BCUT2D eigenvalue weighted by Crippen LogP contribution is -2.12. The lowest BCUT2D eigenvalue weighted by atomic mass is 10.0. The van der Waals surface area contributed by atoms with Gasteiger partial charge in [-0.05, 0) is 29.8 Å². The molecule has 0 saturated heterocycles. The van der Waals surface area contributed by atoms with E-state index in [4.69, 9.17) is 19.3 Å². The van der Waals surface area contributed by atoms with E-state index >= 15 is 0 Å². The highest BCUT2D eigenvalue weighted by Crippen LogP contribution is 2.41. The van der Waals surface area contributed by atoms with E-state index in [-0.39, 0.29) is 10.5 Å². The van der Waals surface area contributed by atoms with Crippen molar-refractivity contribution in [2.24, 2.45) is 5.14 Å². The summed E-state index contributed by atoms with van der Waals surface area (Å²) in [6.45, 7) is 0. The van der Waals surface area contributed by atoms with Crippen LogP contribution in [0.1, 0.15) is 0 Å². The standard InChI is InChI=1S/C15H16FNO5S/c1-20-13-6-9(7-14(21-2)15(13)22-3)11-5-4-10(8-12(11)16)23(17,18)19/h4-8H,1-3H3,(H2,17,18,19). The molecule has 124 valence electrons. The normalized spacial score (nSPS) is 11.2. The Balaban J connectivity index is 2.63. The first kappa shape index (κ1) is 17.0. The molecule has 0 aliphatic carbocycles. The van der Waals surface area contributed by atoms with Gasteiger partial charge in [-0.1, -0.05) is 6.07 Å². The van der Waals surface area contributed by atoms with Crippen molar-refractivity contribution in [3.63, 3.8) is 0 Å². The number of halogens is 1. The minimum Gasteiger partial charge on any atom is -0.493 e. The van der Waals surface area contributed by atoms with Gasteiger partial charge in [0.1, 0.15) is 5.82 Å². The fourth-order valence-corrected chi connectivity index (χ4v) is 2.67. The highest BCUT2D eigenvalue weighted by molar-refractivity contribution is 7.89. The molecule has 0 saturated carbocycles. The molecule has 0 fully saturated rings. The molecule has 0 amide bonds. The number of sulfonamides is 1. The fourth-order valence-electron chi connectivity index (χ4n) is 2.14.